The van der Waals surface area contributed by atoms with E-state index in [2.05, 4.69) is 47.3 Å². The molecule has 28 heteroatoms. The Kier molecular flexibility index (Phi) is 28.5. The number of rotatable bonds is 13. The molecule has 2 aromatic rings. The summed E-state index contributed by atoms with van der Waals surface area (Å²) >= 11 is 0. The number of amides is 10. The molecule has 10 atom stereocenters. The standard InChI is InChI=1S/C34H47N5O8.C32H45N5O7.C4H6O3/c1-22(40)46-25-17-27-29(42)38-34(31(44)36-20-28(41)35-19-23-13-9-8-10-14-23)18-24(34)15-11-6-5-7-12-16-26(30(43)39(27)21-25)37-32(45)47-33(2,3)4;1-31(2,3)44-30(43)35-24-15-11-6-4-5-10-14-22-17-32(22,36-27(40)25-16-23(38)20-37(25)28(24)41)29(42)34-19-26(39)33-18-21-12-8-7-9-13-21;1-3(5)7-4(2)6/h8-11,13-15,24-27H,5-7,12,16-21H2,1-4H3,(H,35,41)(H,36,44)(H,37,45)(H,38,42);7-10,12-14,22-25,38H,4-6,11,15-20H2,1-3H3,(H,33,39)(H,34,42)(H,35,43)(H,36,40);1-2H3/b15-11-;14-10-;/t24-,25-,26+,27+,34-;22-,23-,24+,25+,32-;/m11./s1. The fourth-order valence-electron chi connectivity index (χ4n) is 12.0. The average Bonchev–Trinajstić information content (AvgIpc) is 1.59. The van der Waals surface area contributed by atoms with E-state index in [1.54, 1.807) is 41.5 Å². The summed E-state index contributed by atoms with van der Waals surface area (Å²) in [6.07, 6.45) is 12.1. The molecule has 4 heterocycles. The van der Waals surface area contributed by atoms with Crippen molar-refractivity contribution in [3.63, 3.8) is 0 Å². The van der Waals surface area contributed by atoms with Crippen LogP contribution in [0.4, 0.5) is 9.59 Å². The predicted octanol–water partition coefficient (Wildman–Crippen LogP) is 4.01. The molecule has 6 aliphatic rings. The van der Waals surface area contributed by atoms with Gasteiger partial charge in [0, 0.05) is 65.1 Å². The molecule has 9 N–H and O–H groups in total. The zero-order chi connectivity index (χ0) is 72.0. The van der Waals surface area contributed by atoms with Crippen LogP contribution in [0.1, 0.15) is 163 Å². The SMILES string of the molecule is CC(=O)OC(C)=O.CC(=O)O[C@@H]1C[C@H]2C(=O)N[C@]3(C(=O)NCC(=O)NCc4ccccc4)C[C@H]3/C=C\CCCCC[C@H](NC(=O)OC(C)(C)C)C(=O)N2C1.CC(C)(C)OC(=O)N[C@H]1CCCCC/C=C\[C@@H]2C[C@@]2(C(=O)NCC(=O)NCc2ccccc2)NC(=O)[C@@H]2C[C@@H](O)CN2C1=O. The van der Waals surface area contributed by atoms with Gasteiger partial charge in [-0.2, -0.15) is 0 Å². The molecule has 0 aromatic heterocycles. The molecule has 4 aliphatic heterocycles. The van der Waals surface area contributed by atoms with Crippen molar-refractivity contribution in [2.75, 3.05) is 26.2 Å². The third-order valence-corrected chi connectivity index (χ3v) is 16.8. The Morgan fingerprint density at radius 2 is 0.949 bits per heavy atom. The number of alkyl carbamates (subject to hydrolysis) is 2. The first-order valence-electron chi connectivity index (χ1n) is 33.6. The van der Waals surface area contributed by atoms with E-state index in [0.717, 1.165) is 49.7 Å². The molecule has 0 bridgehead atoms. The van der Waals surface area contributed by atoms with Crippen molar-refractivity contribution in [3.8, 4) is 0 Å². The van der Waals surface area contributed by atoms with Crippen molar-refractivity contribution in [3.05, 3.63) is 96.1 Å². The van der Waals surface area contributed by atoms with E-state index in [1.807, 2.05) is 85.0 Å². The number of nitrogens with one attached hydrogen (secondary N) is 8. The van der Waals surface area contributed by atoms with Crippen LogP contribution in [0, 0.1) is 11.8 Å². The molecule has 2 saturated heterocycles. The van der Waals surface area contributed by atoms with Gasteiger partial charge in [0.1, 0.15) is 52.6 Å². The highest BCUT2D eigenvalue weighted by Gasteiger charge is 2.62. The molecular formula is C70H98N10O18. The molecule has 28 nitrogen and oxygen atoms in total. The Morgan fingerprint density at radius 3 is 1.34 bits per heavy atom. The monoisotopic (exact) mass is 1370 g/mol. The number of aliphatic hydroxyl groups excluding tert-OH is 1. The lowest BCUT2D eigenvalue weighted by atomic mass is 10.0. The van der Waals surface area contributed by atoms with Gasteiger partial charge in [0.2, 0.25) is 47.3 Å². The van der Waals surface area contributed by atoms with Crippen LogP contribution in [0.15, 0.2) is 85.0 Å². The predicted molar refractivity (Wildman–Crippen MR) is 356 cm³/mol. The van der Waals surface area contributed by atoms with Crippen LogP contribution in [0.5, 0.6) is 0 Å². The number of esters is 3. The minimum absolute atomic E-state index is 0.00315. The highest BCUT2D eigenvalue weighted by atomic mass is 16.6. The van der Waals surface area contributed by atoms with Gasteiger partial charge >= 0.3 is 30.1 Å². The van der Waals surface area contributed by atoms with Crippen molar-refractivity contribution >= 4 is 77.4 Å². The number of allylic oxidation sites excluding steroid dienone is 2. The number of aliphatic hydroxyl groups is 1. The fourth-order valence-corrected chi connectivity index (χ4v) is 12.0. The number of hydrogen-bond acceptors (Lipinski definition) is 18. The Hall–Kier alpha value is -9.21. The lowest BCUT2D eigenvalue weighted by Gasteiger charge is -2.30. The first-order valence-corrected chi connectivity index (χ1v) is 33.6. The van der Waals surface area contributed by atoms with Crippen LogP contribution in [-0.4, -0.2) is 177 Å². The van der Waals surface area contributed by atoms with Gasteiger partial charge in [-0.3, -0.25) is 52.7 Å². The number of carbonyl (C=O) groups is 13. The van der Waals surface area contributed by atoms with Crippen molar-refractivity contribution in [1.82, 2.24) is 52.3 Å². The van der Waals surface area contributed by atoms with Crippen LogP contribution < -0.4 is 42.5 Å². The summed E-state index contributed by atoms with van der Waals surface area (Å²) in [5.41, 5.74) is -2.29. The molecule has 536 valence electrons. The Bertz CT molecular complexity index is 3230. The molecule has 4 fully saturated rings. The summed E-state index contributed by atoms with van der Waals surface area (Å²) in [4.78, 5) is 167. The van der Waals surface area contributed by atoms with E-state index >= 15 is 0 Å². The van der Waals surface area contributed by atoms with Gasteiger partial charge in [0.05, 0.1) is 25.7 Å². The molecule has 0 unspecified atom stereocenters. The van der Waals surface area contributed by atoms with Gasteiger partial charge < -0.3 is 76.4 Å². The van der Waals surface area contributed by atoms with Crippen molar-refractivity contribution in [2.24, 2.45) is 11.8 Å². The van der Waals surface area contributed by atoms with Gasteiger partial charge in [0.15, 0.2) is 0 Å². The number of ether oxygens (including phenoxy) is 4. The maximum Gasteiger partial charge on any atom is 0.408 e. The van der Waals surface area contributed by atoms with Gasteiger partial charge in [-0.15, -0.1) is 0 Å². The Labute approximate surface area is 572 Å². The maximum atomic E-state index is 14.0. The van der Waals surface area contributed by atoms with E-state index in [4.69, 9.17) is 14.2 Å². The van der Waals surface area contributed by atoms with Crippen LogP contribution in [0.3, 0.4) is 0 Å². The molecular weight excluding hydrogens is 1270 g/mol. The van der Waals surface area contributed by atoms with E-state index in [9.17, 15) is 67.4 Å². The van der Waals surface area contributed by atoms with E-state index in [1.165, 1.54) is 30.6 Å². The highest BCUT2D eigenvalue weighted by Crippen LogP contribution is 2.47. The smallest absolute Gasteiger partial charge is 0.408 e. The molecule has 10 amide bonds. The third-order valence-electron chi connectivity index (χ3n) is 16.8. The number of benzene rings is 2. The van der Waals surface area contributed by atoms with E-state index < -0.39 is 124 Å². The lowest BCUT2D eigenvalue weighted by molar-refractivity contribution is -0.156. The molecule has 0 radical (unpaired) electrons. The summed E-state index contributed by atoms with van der Waals surface area (Å²) in [7, 11) is 0. The van der Waals surface area contributed by atoms with Crippen molar-refractivity contribution in [2.45, 2.75) is 224 Å². The van der Waals surface area contributed by atoms with Gasteiger partial charge in [-0.05, 0) is 104 Å². The second-order valence-electron chi connectivity index (χ2n) is 27.4. The van der Waals surface area contributed by atoms with Gasteiger partial charge in [0.25, 0.3) is 0 Å². The molecule has 98 heavy (non-hydrogen) atoms. The maximum absolute atomic E-state index is 14.0. The highest BCUT2D eigenvalue weighted by molar-refractivity contribution is 6.01. The van der Waals surface area contributed by atoms with Crippen LogP contribution in [-0.2, 0) is 84.8 Å². The van der Waals surface area contributed by atoms with E-state index in [-0.39, 0.29) is 62.7 Å². The zero-order valence-corrected chi connectivity index (χ0v) is 57.6. The minimum Gasteiger partial charge on any atom is -0.461 e. The summed E-state index contributed by atoms with van der Waals surface area (Å²) in [6, 6.07) is 14.8. The summed E-state index contributed by atoms with van der Waals surface area (Å²) in [5, 5.41) is 32.5. The number of hydrogen-bond donors (Lipinski definition) is 9. The molecule has 0 spiro atoms. The summed E-state index contributed by atoms with van der Waals surface area (Å²) < 4.78 is 20.2. The number of fused-ring (bicyclic) bond motifs is 4. The minimum atomic E-state index is -1.31. The van der Waals surface area contributed by atoms with Crippen molar-refractivity contribution in [1.29, 1.82) is 0 Å². The largest absolute Gasteiger partial charge is 0.461 e. The molecule has 2 saturated carbocycles. The lowest BCUT2D eigenvalue weighted by Crippen LogP contribution is -2.58. The molecule has 2 aliphatic carbocycles. The second-order valence-corrected chi connectivity index (χ2v) is 27.4. The third kappa shape index (κ3) is 24.7. The van der Waals surface area contributed by atoms with Gasteiger partial charge in [-0.25, -0.2) is 9.59 Å². The summed E-state index contributed by atoms with van der Waals surface area (Å²) in [6.45, 7) is 13.9. The van der Waals surface area contributed by atoms with Crippen LogP contribution in [0.25, 0.3) is 0 Å². The Morgan fingerprint density at radius 1 is 0.541 bits per heavy atom. The first-order chi connectivity index (χ1) is 46.3. The van der Waals surface area contributed by atoms with Gasteiger partial charge in [-0.1, -0.05) is 111 Å². The summed E-state index contributed by atoms with van der Waals surface area (Å²) in [5.74, 6) is -6.13. The average molecular weight is 1370 g/mol. The number of carbonyl (C=O) groups excluding carboxylic acids is 13. The Balaban J connectivity index is 0.000000282. The normalized spacial score (nSPS) is 26.2. The molecule has 8 rings (SSSR count). The van der Waals surface area contributed by atoms with Crippen molar-refractivity contribution < 1.29 is 86.4 Å². The van der Waals surface area contributed by atoms with E-state index in [0.29, 0.717) is 51.6 Å². The first kappa shape index (κ1) is 77.8. The van der Waals surface area contributed by atoms with Crippen LogP contribution in [0.2, 0.25) is 0 Å². The fraction of sp³-hybridized carbons (Fsp3) is 0.586. The second kappa shape index (κ2) is 35.9. The quantitative estimate of drug-likeness (QED) is 0.0592. The van der Waals surface area contributed by atoms with Crippen LogP contribution >= 0.6 is 0 Å². The molecule has 2 aromatic carbocycles. The zero-order valence-electron chi connectivity index (χ0n) is 57.6. The topological polar surface area (TPSA) is 382 Å². The number of nitrogens with zero attached hydrogens (tertiary/aromatic N) is 2.